The summed E-state index contributed by atoms with van der Waals surface area (Å²) in [6.07, 6.45) is 3.22. The number of hydrogen-bond acceptors (Lipinski definition) is 5. The van der Waals surface area contributed by atoms with E-state index in [2.05, 4.69) is 45.9 Å². The zero-order valence-corrected chi connectivity index (χ0v) is 20.8. The average Bonchev–Trinajstić information content (AvgIpc) is 2.77. The fraction of sp³-hybridized carbons (Fsp3) is 0.385. The Kier molecular flexibility index (Phi) is 9.10. The van der Waals surface area contributed by atoms with Gasteiger partial charge in [0.25, 0.3) is 8.32 Å². The number of esters is 1. The summed E-state index contributed by atoms with van der Waals surface area (Å²) in [4.78, 5) is 11.7. The maximum atomic E-state index is 11.7. The molecule has 0 aliphatic heterocycles. The van der Waals surface area contributed by atoms with Crippen LogP contribution >= 0.6 is 0 Å². The van der Waals surface area contributed by atoms with E-state index in [4.69, 9.17) is 13.9 Å². The number of rotatable bonds is 10. The van der Waals surface area contributed by atoms with Crippen LogP contribution in [0.3, 0.4) is 0 Å². The number of nitrogens with zero attached hydrogens (tertiary/aromatic N) is 1. The zero-order valence-electron chi connectivity index (χ0n) is 19.8. The van der Waals surface area contributed by atoms with Gasteiger partial charge >= 0.3 is 5.97 Å². The number of nitriles is 1. The monoisotopic (exact) mass is 451 g/mol. The highest BCUT2D eigenvalue weighted by molar-refractivity contribution is 6.76. The summed E-state index contributed by atoms with van der Waals surface area (Å²) >= 11 is 0. The van der Waals surface area contributed by atoms with Crippen molar-refractivity contribution in [2.75, 3.05) is 13.7 Å². The van der Waals surface area contributed by atoms with Crippen molar-refractivity contribution >= 4 is 20.4 Å². The number of carbonyl (C=O) groups is 1. The van der Waals surface area contributed by atoms with E-state index in [-0.39, 0.29) is 5.97 Å². The molecule has 0 fully saturated rings. The minimum atomic E-state index is -2.40. The van der Waals surface area contributed by atoms with E-state index in [0.29, 0.717) is 34.8 Å². The maximum Gasteiger partial charge on any atom is 0.330 e. The number of benzene rings is 2. The van der Waals surface area contributed by atoms with Crippen molar-refractivity contribution in [1.82, 2.24) is 0 Å². The largest absolute Gasteiger partial charge is 0.542 e. The molecule has 0 saturated heterocycles. The second-order valence-corrected chi connectivity index (χ2v) is 13.1. The Hall–Kier alpha value is -3.04. The first-order chi connectivity index (χ1) is 15.2. The van der Waals surface area contributed by atoms with E-state index in [0.717, 1.165) is 17.2 Å². The Morgan fingerprint density at radius 1 is 1.12 bits per heavy atom. The van der Waals surface area contributed by atoms with E-state index < -0.39 is 8.32 Å². The lowest BCUT2D eigenvalue weighted by molar-refractivity contribution is -0.137. The van der Waals surface area contributed by atoms with Crippen LogP contribution in [-0.2, 0) is 15.6 Å². The Morgan fingerprint density at radius 3 is 2.44 bits per heavy atom. The molecule has 0 amide bonds. The SMILES string of the molecule is CCOC(=O)/C=C/c1cccc(C[Si](Oc2ccc(OC)cc2C#N)(C(C)C)C(C)C)c1. The van der Waals surface area contributed by atoms with Crippen molar-refractivity contribution in [2.24, 2.45) is 0 Å². The Morgan fingerprint density at radius 2 is 1.84 bits per heavy atom. The third-order valence-corrected chi connectivity index (χ3v) is 11.2. The number of methoxy groups -OCH3 is 1. The lowest BCUT2D eigenvalue weighted by Gasteiger charge is -2.39. The lowest BCUT2D eigenvalue weighted by Crippen LogP contribution is -2.50. The van der Waals surface area contributed by atoms with E-state index in [1.54, 1.807) is 26.2 Å². The van der Waals surface area contributed by atoms with Gasteiger partial charge in [-0.2, -0.15) is 5.26 Å². The van der Waals surface area contributed by atoms with Crippen LogP contribution in [0.25, 0.3) is 6.08 Å². The van der Waals surface area contributed by atoms with Gasteiger partial charge in [-0.25, -0.2) is 4.79 Å². The molecule has 2 aromatic rings. The maximum absolute atomic E-state index is 11.7. The molecule has 0 heterocycles. The number of ether oxygens (including phenoxy) is 2. The second kappa shape index (κ2) is 11.5. The quantitative estimate of drug-likeness (QED) is 0.249. The summed E-state index contributed by atoms with van der Waals surface area (Å²) in [5.41, 5.74) is 3.20. The Balaban J connectivity index is 2.40. The van der Waals surface area contributed by atoms with Crippen molar-refractivity contribution in [1.29, 1.82) is 5.26 Å². The topological polar surface area (TPSA) is 68.6 Å². The molecule has 0 spiro atoms. The summed E-state index contributed by atoms with van der Waals surface area (Å²) in [6.45, 7) is 10.9. The first kappa shape index (κ1) is 25.2. The van der Waals surface area contributed by atoms with Crippen LogP contribution in [0.5, 0.6) is 11.5 Å². The molecule has 5 nitrogen and oxygen atoms in total. The van der Waals surface area contributed by atoms with Gasteiger partial charge in [0.15, 0.2) is 0 Å². The molecule has 170 valence electrons. The molecule has 2 aromatic carbocycles. The summed E-state index contributed by atoms with van der Waals surface area (Å²) in [5.74, 6) is 0.898. The van der Waals surface area contributed by atoms with Crippen LogP contribution in [0.4, 0.5) is 0 Å². The highest BCUT2D eigenvalue weighted by atomic mass is 28.4. The second-order valence-electron chi connectivity index (χ2n) is 8.35. The van der Waals surface area contributed by atoms with Gasteiger partial charge in [-0.3, -0.25) is 0 Å². The molecule has 0 aliphatic carbocycles. The fourth-order valence-corrected chi connectivity index (χ4v) is 7.98. The van der Waals surface area contributed by atoms with Gasteiger partial charge in [-0.15, -0.1) is 0 Å². The van der Waals surface area contributed by atoms with E-state index in [1.807, 2.05) is 24.3 Å². The molecule has 0 unspecified atom stereocenters. The fourth-order valence-electron chi connectivity index (χ4n) is 3.84. The molecular weight excluding hydrogens is 418 g/mol. The van der Waals surface area contributed by atoms with Crippen LogP contribution in [0.1, 0.15) is 51.3 Å². The van der Waals surface area contributed by atoms with Gasteiger partial charge < -0.3 is 13.9 Å². The molecule has 6 heteroatoms. The minimum Gasteiger partial charge on any atom is -0.542 e. The highest BCUT2D eigenvalue weighted by Crippen LogP contribution is 2.39. The normalized spacial score (nSPS) is 11.6. The van der Waals surface area contributed by atoms with Crippen molar-refractivity contribution in [3.05, 3.63) is 65.2 Å². The van der Waals surface area contributed by atoms with Crippen molar-refractivity contribution in [2.45, 2.75) is 51.7 Å². The smallest absolute Gasteiger partial charge is 0.330 e. The molecule has 0 N–H and O–H groups in total. The van der Waals surface area contributed by atoms with Gasteiger partial charge in [0.2, 0.25) is 0 Å². The molecule has 0 bridgehead atoms. The van der Waals surface area contributed by atoms with E-state index in [1.165, 1.54) is 6.08 Å². The van der Waals surface area contributed by atoms with Crippen LogP contribution in [0.15, 0.2) is 48.5 Å². The summed E-state index contributed by atoms with van der Waals surface area (Å²) < 4.78 is 17.0. The van der Waals surface area contributed by atoms with Crippen LogP contribution in [0, 0.1) is 11.3 Å². The first-order valence-electron chi connectivity index (χ1n) is 11.0. The minimum absolute atomic E-state index is 0.315. The van der Waals surface area contributed by atoms with Crippen LogP contribution in [0.2, 0.25) is 11.1 Å². The highest BCUT2D eigenvalue weighted by Gasteiger charge is 2.44. The number of carbonyl (C=O) groups excluding carboxylic acids is 1. The molecule has 0 aromatic heterocycles. The average molecular weight is 452 g/mol. The molecule has 0 radical (unpaired) electrons. The third kappa shape index (κ3) is 6.24. The first-order valence-corrected chi connectivity index (χ1v) is 13.2. The zero-order chi connectivity index (χ0) is 23.7. The molecule has 0 atom stereocenters. The standard InChI is InChI=1S/C26H33NO4Si/c1-7-30-26(28)14-11-21-9-8-10-22(15-21)18-32(19(2)3,20(4)5)31-25-13-12-24(29-6)16-23(25)17-27/h8-16,19-20H,7,18H2,1-6H3/b14-11+. The van der Waals surface area contributed by atoms with Gasteiger partial charge in [0.1, 0.15) is 17.6 Å². The van der Waals surface area contributed by atoms with Gasteiger partial charge in [0.05, 0.1) is 19.3 Å². The molecule has 0 saturated carbocycles. The molecule has 2 rings (SSSR count). The predicted octanol–water partition coefficient (Wildman–Crippen LogP) is 6.07. The molecule has 32 heavy (non-hydrogen) atoms. The van der Waals surface area contributed by atoms with Crippen molar-refractivity contribution in [3.63, 3.8) is 0 Å². The summed E-state index contributed by atoms with van der Waals surface area (Å²) in [7, 11) is -0.810. The van der Waals surface area contributed by atoms with Crippen molar-refractivity contribution < 1.29 is 18.7 Å². The van der Waals surface area contributed by atoms with Gasteiger partial charge in [0, 0.05) is 18.2 Å². The predicted molar refractivity (Wildman–Crippen MR) is 130 cm³/mol. The van der Waals surface area contributed by atoms with Crippen LogP contribution in [-0.4, -0.2) is 28.0 Å². The third-order valence-electron chi connectivity index (χ3n) is 5.69. The number of hydrogen-bond donors (Lipinski definition) is 0. The summed E-state index contributed by atoms with van der Waals surface area (Å²) in [6, 6.07) is 16.6. The van der Waals surface area contributed by atoms with Gasteiger partial charge in [-0.05, 0) is 47.3 Å². The Bertz CT molecular complexity index is 984. The lowest BCUT2D eigenvalue weighted by atomic mass is 10.1. The molecule has 0 aliphatic rings. The summed E-state index contributed by atoms with van der Waals surface area (Å²) in [5, 5.41) is 9.67. The van der Waals surface area contributed by atoms with E-state index >= 15 is 0 Å². The van der Waals surface area contributed by atoms with Gasteiger partial charge in [-0.1, -0.05) is 52.0 Å². The van der Waals surface area contributed by atoms with Crippen molar-refractivity contribution in [3.8, 4) is 17.6 Å². The van der Waals surface area contributed by atoms with Crippen LogP contribution < -0.4 is 9.16 Å². The Labute approximate surface area is 192 Å². The molecular formula is C26H33NO4Si. The van der Waals surface area contributed by atoms with E-state index in [9.17, 15) is 10.1 Å².